The molecule has 0 spiro atoms. The number of nitrogens with zero attached hydrogens (tertiary/aromatic N) is 1. The number of rotatable bonds is 4. The lowest BCUT2D eigenvalue weighted by Gasteiger charge is -2.10. The Balaban J connectivity index is 2.36. The minimum absolute atomic E-state index is 0.0444. The van der Waals surface area contributed by atoms with Gasteiger partial charge < -0.3 is 4.74 Å². The molecule has 2 aromatic carbocycles. The molecule has 0 heterocycles. The summed E-state index contributed by atoms with van der Waals surface area (Å²) in [6.45, 7) is 4.90. The summed E-state index contributed by atoms with van der Waals surface area (Å²) in [4.78, 5) is 21.8. The van der Waals surface area contributed by atoms with Crippen molar-refractivity contribution in [1.82, 2.24) is 0 Å². The van der Waals surface area contributed by atoms with E-state index in [2.05, 4.69) is 0 Å². The van der Waals surface area contributed by atoms with E-state index in [1.54, 1.807) is 44.2 Å². The van der Waals surface area contributed by atoms with Gasteiger partial charge in [0.05, 0.1) is 4.92 Å². The van der Waals surface area contributed by atoms with Crippen LogP contribution in [0, 0.1) is 24.0 Å². The first-order valence-corrected chi connectivity index (χ1v) is 6.43. The molecule has 0 aromatic heterocycles. The van der Waals surface area contributed by atoms with Crippen LogP contribution >= 0.6 is 0 Å². The average Bonchev–Trinajstić information content (AvgIpc) is 2.42. The highest BCUT2D eigenvalue weighted by molar-refractivity contribution is 5.94. The minimum Gasteiger partial charge on any atom is -0.457 e. The highest BCUT2D eigenvalue weighted by atomic mass is 16.6. The van der Waals surface area contributed by atoms with Gasteiger partial charge >= 0.3 is 0 Å². The Morgan fingerprint density at radius 2 is 1.86 bits per heavy atom. The summed E-state index contributed by atoms with van der Waals surface area (Å²) in [6.07, 6.45) is 0. The first kappa shape index (κ1) is 14.7. The van der Waals surface area contributed by atoms with Crippen molar-refractivity contribution >= 4 is 11.5 Å². The van der Waals surface area contributed by atoms with Crippen molar-refractivity contribution < 1.29 is 14.5 Å². The molecular weight excluding hydrogens is 270 g/mol. The normalized spacial score (nSPS) is 10.2. The van der Waals surface area contributed by atoms with Crippen LogP contribution in [0.25, 0.3) is 0 Å². The van der Waals surface area contributed by atoms with E-state index >= 15 is 0 Å². The number of carbonyl (C=O) groups excluding carboxylic acids is 1. The maximum Gasteiger partial charge on any atom is 0.272 e. The Labute approximate surface area is 122 Å². The third kappa shape index (κ3) is 3.25. The van der Waals surface area contributed by atoms with Crippen molar-refractivity contribution in [3.05, 3.63) is 63.2 Å². The molecule has 0 amide bonds. The Morgan fingerprint density at radius 3 is 2.48 bits per heavy atom. The largest absolute Gasteiger partial charge is 0.457 e. The van der Waals surface area contributed by atoms with Gasteiger partial charge in [0.15, 0.2) is 5.78 Å². The number of aryl methyl sites for hydroxylation is 2. The highest BCUT2D eigenvalue weighted by Crippen LogP contribution is 2.31. The second-order valence-corrected chi connectivity index (χ2v) is 4.85. The number of ether oxygens (including phenoxy) is 1. The number of carbonyl (C=O) groups is 1. The number of ketones is 1. The van der Waals surface area contributed by atoms with Crippen molar-refractivity contribution in [3.8, 4) is 11.5 Å². The van der Waals surface area contributed by atoms with Crippen LogP contribution in [0.2, 0.25) is 0 Å². The second-order valence-electron chi connectivity index (χ2n) is 4.85. The molecule has 5 heteroatoms. The van der Waals surface area contributed by atoms with Crippen molar-refractivity contribution in [2.45, 2.75) is 20.8 Å². The van der Waals surface area contributed by atoms with Crippen LogP contribution in [-0.2, 0) is 0 Å². The van der Waals surface area contributed by atoms with Crippen LogP contribution in [0.4, 0.5) is 5.69 Å². The van der Waals surface area contributed by atoms with E-state index < -0.39 is 4.92 Å². The molecule has 0 fully saturated rings. The summed E-state index contributed by atoms with van der Waals surface area (Å²) in [6, 6.07) is 9.96. The third-order valence-corrected chi connectivity index (χ3v) is 3.16. The molecule has 5 nitrogen and oxygen atoms in total. The van der Waals surface area contributed by atoms with E-state index in [9.17, 15) is 14.9 Å². The quantitative estimate of drug-likeness (QED) is 0.479. The number of nitro benzene ring substituents is 1. The number of benzene rings is 2. The van der Waals surface area contributed by atoms with E-state index in [0.29, 0.717) is 28.2 Å². The number of hydrogen-bond donors (Lipinski definition) is 0. The van der Waals surface area contributed by atoms with Crippen LogP contribution in [0.3, 0.4) is 0 Å². The molecule has 21 heavy (non-hydrogen) atoms. The minimum atomic E-state index is -0.414. The molecule has 0 unspecified atom stereocenters. The molecule has 0 aliphatic carbocycles. The molecule has 0 N–H and O–H groups in total. The monoisotopic (exact) mass is 285 g/mol. The summed E-state index contributed by atoms with van der Waals surface area (Å²) in [5.74, 6) is 1.02. The van der Waals surface area contributed by atoms with Crippen LogP contribution in [0.1, 0.15) is 28.4 Å². The first-order valence-electron chi connectivity index (χ1n) is 6.43. The molecule has 2 aromatic rings. The van der Waals surface area contributed by atoms with Gasteiger partial charge in [0.1, 0.15) is 11.5 Å². The molecule has 2 rings (SSSR count). The molecule has 0 bridgehead atoms. The Bertz CT molecular complexity index is 722. The van der Waals surface area contributed by atoms with Gasteiger partial charge in [-0.05, 0) is 44.5 Å². The van der Waals surface area contributed by atoms with E-state index in [0.717, 1.165) is 0 Å². The lowest BCUT2D eigenvalue weighted by Crippen LogP contribution is -1.96. The fourth-order valence-electron chi connectivity index (χ4n) is 1.99. The van der Waals surface area contributed by atoms with Gasteiger partial charge in [0.25, 0.3) is 5.69 Å². The smallest absolute Gasteiger partial charge is 0.272 e. The van der Waals surface area contributed by atoms with E-state index in [1.165, 1.54) is 13.0 Å². The van der Waals surface area contributed by atoms with Gasteiger partial charge in [0, 0.05) is 17.2 Å². The van der Waals surface area contributed by atoms with Gasteiger partial charge in [-0.2, -0.15) is 0 Å². The zero-order valence-corrected chi connectivity index (χ0v) is 12.0. The van der Waals surface area contributed by atoms with Crippen molar-refractivity contribution in [1.29, 1.82) is 0 Å². The molecule has 0 aliphatic heterocycles. The molecule has 0 atom stereocenters. The van der Waals surface area contributed by atoms with Gasteiger partial charge in [-0.25, -0.2) is 0 Å². The Morgan fingerprint density at radius 1 is 1.14 bits per heavy atom. The lowest BCUT2D eigenvalue weighted by atomic mass is 10.1. The molecule has 0 radical (unpaired) electrons. The standard InChI is InChI=1S/C16H15NO4/c1-10-8-16(11(2)7-15(10)17(19)20)21-14-6-4-5-13(9-14)12(3)18/h4-9H,1-3H3. The van der Waals surface area contributed by atoms with Crippen LogP contribution in [-0.4, -0.2) is 10.7 Å². The summed E-state index contributed by atoms with van der Waals surface area (Å²) >= 11 is 0. The van der Waals surface area contributed by atoms with Crippen molar-refractivity contribution in [3.63, 3.8) is 0 Å². The van der Waals surface area contributed by atoms with Crippen molar-refractivity contribution in [2.75, 3.05) is 0 Å². The summed E-state index contributed by atoms with van der Waals surface area (Å²) in [7, 11) is 0. The molecule has 108 valence electrons. The zero-order chi connectivity index (χ0) is 15.6. The maximum atomic E-state index is 11.4. The summed E-state index contributed by atoms with van der Waals surface area (Å²) < 4.78 is 5.74. The predicted molar refractivity (Wildman–Crippen MR) is 79.1 cm³/mol. The lowest BCUT2D eigenvalue weighted by molar-refractivity contribution is -0.385. The first-order chi connectivity index (χ1) is 9.88. The second kappa shape index (κ2) is 5.75. The SMILES string of the molecule is CC(=O)c1cccc(Oc2cc(C)c([N+](=O)[O-])cc2C)c1. The van der Waals surface area contributed by atoms with Gasteiger partial charge in [-0.3, -0.25) is 14.9 Å². The topological polar surface area (TPSA) is 69.4 Å². The van der Waals surface area contributed by atoms with Crippen LogP contribution in [0.5, 0.6) is 11.5 Å². The number of Topliss-reactive ketones (excluding diaryl/α,β-unsaturated/α-hetero) is 1. The molecular formula is C16H15NO4. The highest BCUT2D eigenvalue weighted by Gasteiger charge is 2.14. The number of nitro groups is 1. The zero-order valence-electron chi connectivity index (χ0n) is 12.0. The molecule has 0 aliphatic rings. The van der Waals surface area contributed by atoms with Gasteiger partial charge in [-0.1, -0.05) is 12.1 Å². The number of hydrogen-bond acceptors (Lipinski definition) is 4. The predicted octanol–water partition coefficient (Wildman–Crippen LogP) is 4.21. The van der Waals surface area contributed by atoms with Crippen molar-refractivity contribution in [2.24, 2.45) is 0 Å². The van der Waals surface area contributed by atoms with Gasteiger partial charge in [-0.15, -0.1) is 0 Å². The molecule has 0 saturated heterocycles. The van der Waals surface area contributed by atoms with E-state index in [4.69, 9.17) is 4.74 Å². The van der Waals surface area contributed by atoms with Gasteiger partial charge in [0.2, 0.25) is 0 Å². The fraction of sp³-hybridized carbons (Fsp3) is 0.188. The Kier molecular flexibility index (Phi) is 4.03. The summed E-state index contributed by atoms with van der Waals surface area (Å²) in [5.41, 5.74) is 1.82. The fourth-order valence-corrected chi connectivity index (χ4v) is 1.99. The third-order valence-electron chi connectivity index (χ3n) is 3.16. The maximum absolute atomic E-state index is 11.4. The van der Waals surface area contributed by atoms with Crippen LogP contribution in [0.15, 0.2) is 36.4 Å². The van der Waals surface area contributed by atoms with E-state index in [1.807, 2.05) is 0 Å². The Hall–Kier alpha value is -2.69. The van der Waals surface area contributed by atoms with E-state index in [-0.39, 0.29) is 11.5 Å². The van der Waals surface area contributed by atoms with Crippen LogP contribution < -0.4 is 4.74 Å². The average molecular weight is 285 g/mol. The summed E-state index contributed by atoms with van der Waals surface area (Å²) in [5, 5.41) is 10.9. The molecule has 0 saturated carbocycles.